The Bertz CT molecular complexity index is 22.5. The van der Waals surface area contributed by atoms with Crippen molar-refractivity contribution in [3.63, 3.8) is 0 Å². The van der Waals surface area contributed by atoms with E-state index in [1.165, 1.54) is 4.90 Å². The molecule has 0 bridgehead atoms. The molecule has 1 N–H and O–H groups in total. The van der Waals surface area contributed by atoms with Gasteiger partial charge in [-0.1, -0.05) is 0 Å². The van der Waals surface area contributed by atoms with Gasteiger partial charge in [0.1, 0.15) is 0 Å². The molecule has 0 aliphatic heterocycles. The van der Waals surface area contributed by atoms with E-state index in [1.807, 2.05) is 0 Å². The molecular formula is C3H10Cl6NRh-3. The number of rotatable bonds is 0. The van der Waals surface area contributed by atoms with E-state index in [-0.39, 0.29) is 93.9 Å². The maximum atomic E-state index is 2.08. The molecule has 0 aromatic carbocycles. The van der Waals surface area contributed by atoms with Gasteiger partial charge in [-0.25, -0.2) is 0 Å². The molecule has 0 unspecified atom stereocenters. The van der Waals surface area contributed by atoms with E-state index < -0.39 is 0 Å². The van der Waals surface area contributed by atoms with Gasteiger partial charge in [-0.15, -0.1) is 0 Å². The number of quaternary nitrogens is 1. The van der Waals surface area contributed by atoms with Crippen molar-refractivity contribution in [1.82, 2.24) is 0 Å². The Morgan fingerprint density at radius 2 is 0.545 bits per heavy atom. The first kappa shape index (κ1) is 71.4. The Morgan fingerprint density at radius 1 is 0.545 bits per heavy atom. The first-order valence-electron chi connectivity index (χ1n) is 1.50. The molecule has 0 saturated heterocycles. The van der Waals surface area contributed by atoms with Crippen molar-refractivity contribution in [3.05, 3.63) is 0 Å². The second-order valence-corrected chi connectivity index (χ2v) is 1.50. The number of nitrogens with one attached hydrogen (secondary N) is 1. The van der Waals surface area contributed by atoms with Gasteiger partial charge in [0.05, 0.1) is 21.1 Å². The molecule has 0 saturated carbocycles. The quantitative estimate of drug-likeness (QED) is 0.401. The van der Waals surface area contributed by atoms with Crippen molar-refractivity contribution in [2.45, 2.75) is 0 Å². The summed E-state index contributed by atoms with van der Waals surface area (Å²) in [7, 11) is 6.25. The molecule has 0 spiro atoms. The molecule has 0 amide bonds. The zero-order chi connectivity index (χ0) is 3.58. The zero-order valence-corrected chi connectivity index (χ0v) is 12.3. The van der Waals surface area contributed by atoms with Crippen molar-refractivity contribution in [2.24, 2.45) is 0 Å². The van der Waals surface area contributed by atoms with Crippen LogP contribution in [-0.4, -0.2) is 21.1 Å². The summed E-state index contributed by atoms with van der Waals surface area (Å²) in [5.74, 6) is 0. The smallest absolute Gasteiger partial charge is 1.00 e. The minimum atomic E-state index is 0. The van der Waals surface area contributed by atoms with Crippen LogP contribution in [0.2, 0.25) is 0 Å². The van der Waals surface area contributed by atoms with Gasteiger partial charge in [0.2, 0.25) is 0 Å². The summed E-state index contributed by atoms with van der Waals surface area (Å²) in [5.41, 5.74) is 0. The molecular weight excluding hydrogens is 366 g/mol. The van der Waals surface area contributed by atoms with Gasteiger partial charge in [0.15, 0.2) is 0 Å². The minimum Gasteiger partial charge on any atom is -1.00 e. The van der Waals surface area contributed by atoms with Crippen molar-refractivity contribution in [3.8, 4) is 0 Å². The van der Waals surface area contributed by atoms with Crippen molar-refractivity contribution in [2.75, 3.05) is 21.1 Å². The molecule has 11 heavy (non-hydrogen) atoms. The van der Waals surface area contributed by atoms with Gasteiger partial charge < -0.3 is 79.3 Å². The van der Waals surface area contributed by atoms with Crippen molar-refractivity contribution >= 4 is 0 Å². The predicted octanol–water partition coefficient (Wildman–Crippen LogP) is -19.2. The predicted molar refractivity (Wildman–Crippen MR) is 18.7 cm³/mol. The zero-order valence-electron chi connectivity index (χ0n) is 6.10. The normalized spacial score (nSPS) is 3.27. The average molecular weight is 376 g/mol. The molecule has 1 nitrogen and oxygen atoms in total. The van der Waals surface area contributed by atoms with E-state index in [1.54, 1.807) is 0 Å². The van der Waals surface area contributed by atoms with Crippen LogP contribution in [0.1, 0.15) is 0 Å². The Kier molecular flexibility index (Phi) is 362. The second kappa shape index (κ2) is 55.8. The fourth-order valence-corrected chi connectivity index (χ4v) is 0. The number of hydrogen-bond donors (Lipinski definition) is 1. The molecule has 0 aliphatic rings. The maximum Gasteiger partial charge on any atom is 2.00 e. The summed E-state index contributed by atoms with van der Waals surface area (Å²) in [4.78, 5) is 1.42. The van der Waals surface area contributed by atoms with E-state index in [0.29, 0.717) is 0 Å². The van der Waals surface area contributed by atoms with E-state index in [9.17, 15) is 0 Å². The Morgan fingerprint density at radius 3 is 0.545 bits per heavy atom. The fraction of sp³-hybridized carbons (Fsp3) is 1.00. The molecule has 0 aromatic rings. The summed E-state index contributed by atoms with van der Waals surface area (Å²) in [5, 5.41) is 0. The van der Waals surface area contributed by atoms with Gasteiger partial charge >= 0.3 is 19.5 Å². The van der Waals surface area contributed by atoms with Gasteiger partial charge in [0.25, 0.3) is 0 Å². The standard InChI is InChI=1S/C3H9N.6ClH.Rh/c1-4(2)3;;;;;;;/h1-3H3;6*1H;/q;;;;;;;+2/p-5. The summed E-state index contributed by atoms with van der Waals surface area (Å²) in [6.45, 7) is 0. The van der Waals surface area contributed by atoms with Gasteiger partial charge in [-0.3, -0.25) is 0 Å². The number of halogens is 6. The Labute approximate surface area is 119 Å². The molecule has 0 atom stereocenters. The van der Waals surface area contributed by atoms with E-state index in [0.717, 1.165) is 0 Å². The Hall–Kier alpha value is 2.32. The van der Waals surface area contributed by atoms with Crippen LogP contribution in [-0.2, 0) is 19.5 Å². The third-order valence-electron chi connectivity index (χ3n) is 0. The molecule has 1 radical (unpaired) electrons. The molecule has 8 heteroatoms. The fourth-order valence-electron chi connectivity index (χ4n) is 0. The van der Waals surface area contributed by atoms with Crippen molar-refractivity contribution in [1.29, 1.82) is 0 Å². The van der Waals surface area contributed by atoms with E-state index >= 15 is 0 Å². The minimum absolute atomic E-state index is 0. The van der Waals surface area contributed by atoms with Crippen LogP contribution in [0.3, 0.4) is 0 Å². The third kappa shape index (κ3) is 243. The summed E-state index contributed by atoms with van der Waals surface area (Å²) >= 11 is 0. The molecule has 0 rings (SSSR count). The van der Waals surface area contributed by atoms with Crippen LogP contribution in [0, 0.1) is 0 Å². The van der Waals surface area contributed by atoms with Crippen LogP contribution >= 0.6 is 0 Å². The molecule has 81 valence electrons. The van der Waals surface area contributed by atoms with Crippen LogP contribution in [0.25, 0.3) is 0 Å². The maximum absolute atomic E-state index is 2.08. The topological polar surface area (TPSA) is 4.44 Å². The van der Waals surface area contributed by atoms with E-state index in [2.05, 4.69) is 21.1 Å². The molecule has 0 fully saturated rings. The second-order valence-electron chi connectivity index (χ2n) is 1.50. The van der Waals surface area contributed by atoms with Crippen LogP contribution in [0.4, 0.5) is 0 Å². The summed E-state index contributed by atoms with van der Waals surface area (Å²) in [6, 6.07) is 0. The molecule has 0 aliphatic carbocycles. The first-order chi connectivity index (χ1) is 1.73. The SMILES string of the molecule is C[NH+](C)C.[Cl-].[Cl-].[Cl-].[Cl-].[Cl-].[Cl-].[Rh+2]. The van der Waals surface area contributed by atoms with Crippen LogP contribution in [0.15, 0.2) is 0 Å². The first-order valence-corrected chi connectivity index (χ1v) is 1.50. The summed E-state index contributed by atoms with van der Waals surface area (Å²) < 4.78 is 0. The molecule has 0 heterocycles. The monoisotopic (exact) mass is 373 g/mol. The third-order valence-corrected chi connectivity index (χ3v) is 0. The largest absolute Gasteiger partial charge is 2.00 e. The van der Waals surface area contributed by atoms with Gasteiger partial charge in [-0.2, -0.15) is 0 Å². The van der Waals surface area contributed by atoms with Crippen LogP contribution < -0.4 is 79.3 Å². The van der Waals surface area contributed by atoms with Gasteiger partial charge in [0, 0.05) is 0 Å². The Balaban J connectivity index is -0.00000000214. The van der Waals surface area contributed by atoms with Crippen LogP contribution in [0.5, 0.6) is 0 Å². The average Bonchev–Trinajstić information content (AvgIpc) is 0.811. The summed E-state index contributed by atoms with van der Waals surface area (Å²) in [6.07, 6.45) is 0. The molecule has 0 aromatic heterocycles. The van der Waals surface area contributed by atoms with Crippen molar-refractivity contribution < 1.29 is 98.8 Å². The van der Waals surface area contributed by atoms with E-state index in [4.69, 9.17) is 0 Å². The van der Waals surface area contributed by atoms with Gasteiger partial charge in [-0.05, 0) is 0 Å². The number of hydrogen-bond acceptors (Lipinski definition) is 0.